The third kappa shape index (κ3) is 5.44. The molecule has 0 bridgehead atoms. The quantitative estimate of drug-likeness (QED) is 0.288. The average Bonchev–Trinajstić information content (AvgIpc) is 3.37. The molecule has 0 atom stereocenters. The molecule has 2 aromatic heterocycles. The van der Waals surface area contributed by atoms with Crippen LogP contribution in [0.1, 0.15) is 40.2 Å². The second-order valence-electron chi connectivity index (χ2n) is 9.21. The number of alkyl halides is 3. The van der Waals surface area contributed by atoms with Gasteiger partial charge in [-0.1, -0.05) is 48.0 Å². The van der Waals surface area contributed by atoms with Crippen molar-refractivity contribution in [2.24, 2.45) is 0 Å². The number of oxazole rings is 1. The lowest BCUT2D eigenvalue weighted by Gasteiger charge is -2.39. The first-order chi connectivity index (χ1) is 18.1. The topological polar surface area (TPSA) is 79.5 Å². The largest absolute Gasteiger partial charge is 0.437 e. The van der Waals surface area contributed by atoms with E-state index in [0.717, 1.165) is 5.56 Å². The van der Waals surface area contributed by atoms with E-state index in [0.29, 0.717) is 47.9 Å². The summed E-state index contributed by atoms with van der Waals surface area (Å²) >= 11 is 5.95. The van der Waals surface area contributed by atoms with E-state index in [4.69, 9.17) is 16.0 Å². The van der Waals surface area contributed by atoms with Crippen molar-refractivity contribution in [2.75, 3.05) is 18.0 Å². The Bertz CT molecular complexity index is 1410. The minimum Gasteiger partial charge on any atom is -0.432 e. The monoisotopic (exact) mass is 541 g/mol. The van der Waals surface area contributed by atoms with Gasteiger partial charge in [0.25, 0.3) is 0 Å². The lowest BCUT2D eigenvalue weighted by atomic mass is 9.84. The van der Waals surface area contributed by atoms with Gasteiger partial charge in [-0.2, -0.15) is 13.2 Å². The van der Waals surface area contributed by atoms with Crippen LogP contribution in [0.3, 0.4) is 0 Å². The Hall–Kier alpha value is -3.69. The van der Waals surface area contributed by atoms with Crippen molar-refractivity contribution in [3.63, 3.8) is 0 Å². The molecule has 0 radical (unpaired) electrons. The highest BCUT2D eigenvalue weighted by Gasteiger charge is 2.41. The molecule has 0 spiro atoms. The van der Waals surface area contributed by atoms with Crippen LogP contribution in [0.2, 0.25) is 5.02 Å². The van der Waals surface area contributed by atoms with Crippen LogP contribution in [0.25, 0.3) is 11.5 Å². The maximum Gasteiger partial charge on any atom is 0.437 e. The van der Waals surface area contributed by atoms with E-state index in [1.807, 2.05) is 17.0 Å². The summed E-state index contributed by atoms with van der Waals surface area (Å²) in [7, 11) is 0. The minimum atomic E-state index is -4.84. The number of hydrogen-bond donors (Lipinski definition) is 1. The molecule has 196 valence electrons. The lowest BCUT2D eigenvalue weighted by Crippen LogP contribution is -2.43. The molecule has 0 amide bonds. The fourth-order valence-corrected chi connectivity index (χ4v) is 4.66. The van der Waals surface area contributed by atoms with Crippen LogP contribution < -0.4 is 4.90 Å². The number of aliphatic hydroxyl groups is 1. The number of nitrogens with zero attached hydrogens (tertiary/aromatic N) is 3. The summed E-state index contributed by atoms with van der Waals surface area (Å²) in [4.78, 5) is 22.8. The molecule has 6 nitrogen and oxygen atoms in total. The molecule has 1 aliphatic heterocycles. The van der Waals surface area contributed by atoms with Gasteiger partial charge in [0.2, 0.25) is 17.4 Å². The van der Waals surface area contributed by atoms with Gasteiger partial charge in [0.05, 0.1) is 5.60 Å². The Morgan fingerprint density at radius 1 is 1.03 bits per heavy atom. The molecule has 4 aromatic rings. The first-order valence-corrected chi connectivity index (χ1v) is 12.4. The SMILES string of the molecule is O=C(Cc1ccc(N2CCC(O)(c3ccc(Cl)cc3)CC2)nc1)c1oc(-c2ccccc2)nc1C(F)(F)F. The molecule has 2 aromatic carbocycles. The highest BCUT2D eigenvalue weighted by molar-refractivity contribution is 6.30. The molecule has 1 N–H and O–H groups in total. The molecular formula is C28H23ClF3N3O3. The van der Waals surface area contributed by atoms with Gasteiger partial charge in [-0.05, 0) is 54.3 Å². The van der Waals surface area contributed by atoms with Gasteiger partial charge < -0.3 is 14.4 Å². The normalized spacial score (nSPS) is 15.4. The highest BCUT2D eigenvalue weighted by atomic mass is 35.5. The van der Waals surface area contributed by atoms with Gasteiger partial charge >= 0.3 is 6.18 Å². The van der Waals surface area contributed by atoms with Crippen LogP contribution in [0.15, 0.2) is 77.3 Å². The number of ketones is 1. The highest BCUT2D eigenvalue weighted by Crippen LogP contribution is 2.36. The zero-order chi connectivity index (χ0) is 26.9. The molecule has 1 saturated heterocycles. The van der Waals surface area contributed by atoms with Crippen LogP contribution in [-0.2, 0) is 18.2 Å². The van der Waals surface area contributed by atoms with Gasteiger partial charge in [0, 0.05) is 36.3 Å². The first-order valence-electron chi connectivity index (χ1n) is 12.0. The summed E-state index contributed by atoms with van der Waals surface area (Å²) in [6, 6.07) is 18.6. The predicted octanol–water partition coefficient (Wildman–Crippen LogP) is 6.32. The van der Waals surface area contributed by atoms with Crippen LogP contribution in [0.4, 0.5) is 19.0 Å². The Balaban J connectivity index is 1.27. The van der Waals surface area contributed by atoms with E-state index in [1.165, 1.54) is 6.20 Å². The number of halogens is 4. The van der Waals surface area contributed by atoms with Crippen LogP contribution in [0.5, 0.6) is 0 Å². The number of hydrogen-bond acceptors (Lipinski definition) is 6. The molecule has 0 aliphatic carbocycles. The predicted molar refractivity (Wildman–Crippen MR) is 136 cm³/mol. The maximum atomic E-state index is 13.6. The van der Waals surface area contributed by atoms with Gasteiger partial charge in [0.1, 0.15) is 5.82 Å². The number of pyridine rings is 1. The molecule has 3 heterocycles. The molecule has 0 unspecified atom stereocenters. The van der Waals surface area contributed by atoms with E-state index in [2.05, 4.69) is 9.97 Å². The average molecular weight is 542 g/mol. The fraction of sp³-hybridized carbons (Fsp3) is 0.250. The summed E-state index contributed by atoms with van der Waals surface area (Å²) < 4.78 is 46.1. The zero-order valence-electron chi connectivity index (χ0n) is 20.1. The van der Waals surface area contributed by atoms with Crippen LogP contribution in [-0.4, -0.2) is 33.9 Å². The third-order valence-electron chi connectivity index (χ3n) is 6.64. The van der Waals surface area contributed by atoms with Gasteiger partial charge in [-0.3, -0.25) is 4.79 Å². The second-order valence-corrected chi connectivity index (χ2v) is 9.65. The van der Waals surface area contributed by atoms with Crippen molar-refractivity contribution >= 4 is 23.2 Å². The summed E-state index contributed by atoms with van der Waals surface area (Å²) in [6.07, 6.45) is -2.71. The van der Waals surface area contributed by atoms with E-state index >= 15 is 0 Å². The van der Waals surface area contributed by atoms with Crippen LogP contribution >= 0.6 is 11.6 Å². The number of anilines is 1. The van der Waals surface area contributed by atoms with Gasteiger partial charge in [0.15, 0.2) is 5.69 Å². The van der Waals surface area contributed by atoms with Crippen molar-refractivity contribution < 1.29 is 27.5 Å². The second kappa shape index (κ2) is 10.2. The molecule has 38 heavy (non-hydrogen) atoms. The molecule has 5 rings (SSSR count). The van der Waals surface area contributed by atoms with Crippen molar-refractivity contribution in [3.8, 4) is 11.5 Å². The maximum absolute atomic E-state index is 13.6. The number of Topliss-reactive ketones (excluding diaryl/α,β-unsaturated/α-hetero) is 1. The number of benzene rings is 2. The van der Waals surface area contributed by atoms with Gasteiger partial charge in [-0.25, -0.2) is 9.97 Å². The molecule has 0 saturated carbocycles. The van der Waals surface area contributed by atoms with Gasteiger partial charge in [-0.15, -0.1) is 0 Å². The lowest BCUT2D eigenvalue weighted by molar-refractivity contribution is -0.141. The molecule has 1 fully saturated rings. The number of aromatic nitrogens is 2. The summed E-state index contributed by atoms with van der Waals surface area (Å²) in [6.45, 7) is 1.11. The summed E-state index contributed by atoms with van der Waals surface area (Å²) in [5.74, 6) is -1.27. The molecular weight excluding hydrogens is 519 g/mol. The third-order valence-corrected chi connectivity index (χ3v) is 6.89. The number of carbonyl (C=O) groups excluding carboxylic acids is 1. The molecule has 1 aliphatic rings. The summed E-state index contributed by atoms with van der Waals surface area (Å²) in [5, 5.41) is 11.7. The Morgan fingerprint density at radius 2 is 1.71 bits per heavy atom. The van der Waals surface area contributed by atoms with E-state index in [-0.39, 0.29) is 12.3 Å². The van der Waals surface area contributed by atoms with E-state index in [1.54, 1.807) is 54.6 Å². The number of piperidine rings is 1. The standard InChI is InChI=1S/C28H23ClF3N3O3/c29-21-9-7-20(8-10-21)27(37)12-14-35(15-13-27)23-11-6-18(17-33-23)16-22(36)24-25(28(30,31)32)34-26(38-24)19-4-2-1-3-5-19/h1-11,17,37H,12-16H2. The van der Waals surface area contributed by atoms with Crippen molar-refractivity contribution in [2.45, 2.75) is 31.0 Å². The Morgan fingerprint density at radius 3 is 2.32 bits per heavy atom. The van der Waals surface area contributed by atoms with E-state index < -0.39 is 29.0 Å². The van der Waals surface area contributed by atoms with Crippen molar-refractivity contribution in [1.82, 2.24) is 9.97 Å². The Kier molecular flexibility index (Phi) is 6.98. The van der Waals surface area contributed by atoms with Crippen molar-refractivity contribution in [3.05, 3.63) is 101 Å². The number of carbonyl (C=O) groups is 1. The zero-order valence-corrected chi connectivity index (χ0v) is 20.8. The van der Waals surface area contributed by atoms with Crippen molar-refractivity contribution in [1.29, 1.82) is 0 Å². The smallest absolute Gasteiger partial charge is 0.432 e. The number of rotatable bonds is 6. The first kappa shape index (κ1) is 25.9. The fourth-order valence-electron chi connectivity index (χ4n) is 4.53. The minimum absolute atomic E-state index is 0.265. The van der Waals surface area contributed by atoms with E-state index in [9.17, 15) is 23.1 Å². The molecule has 10 heteroatoms. The van der Waals surface area contributed by atoms with Crippen LogP contribution in [0, 0.1) is 0 Å². The Labute approximate surface area is 221 Å². The summed E-state index contributed by atoms with van der Waals surface area (Å²) in [5.41, 5.74) is -0.706.